The lowest BCUT2D eigenvalue weighted by atomic mass is 9.38. The number of hydrogen-bond donors (Lipinski definition) is 2. The average molecular weight is 445 g/mol. The van der Waals surface area contributed by atoms with Gasteiger partial charge in [0, 0.05) is 0 Å². The van der Waals surface area contributed by atoms with Crippen LogP contribution in [0.5, 0.6) is 0 Å². The van der Waals surface area contributed by atoms with Crippen LogP contribution in [0.4, 0.5) is 0 Å². The second kappa shape index (κ2) is 8.11. The largest absolute Gasteiger partial charge is 0.393 e. The molecule has 2 N–H and O–H groups in total. The zero-order valence-electron chi connectivity index (χ0n) is 22.2. The molecule has 4 aliphatic rings. The Bertz CT molecular complexity index is 726. The Morgan fingerprint density at radius 1 is 0.875 bits per heavy atom. The van der Waals surface area contributed by atoms with Gasteiger partial charge in [0.25, 0.3) is 0 Å². The zero-order chi connectivity index (χ0) is 23.7. The van der Waals surface area contributed by atoms with Gasteiger partial charge in [-0.1, -0.05) is 53.7 Å². The van der Waals surface area contributed by atoms with Gasteiger partial charge >= 0.3 is 0 Å². The van der Waals surface area contributed by atoms with Crippen LogP contribution in [0.15, 0.2) is 12.2 Å². The molecule has 0 bridgehead atoms. The molecular weight excluding hydrogens is 392 g/mol. The van der Waals surface area contributed by atoms with E-state index in [9.17, 15) is 10.2 Å². The molecule has 4 fully saturated rings. The van der Waals surface area contributed by atoms with Gasteiger partial charge in [0.1, 0.15) is 0 Å². The van der Waals surface area contributed by atoms with E-state index in [0.29, 0.717) is 28.1 Å². The zero-order valence-corrected chi connectivity index (χ0v) is 22.2. The molecule has 184 valence electrons. The summed E-state index contributed by atoms with van der Waals surface area (Å²) in [6, 6.07) is 0. The number of fused-ring (bicyclic) bond motifs is 5. The monoisotopic (exact) mass is 444 g/mol. The van der Waals surface area contributed by atoms with E-state index in [4.69, 9.17) is 0 Å². The highest BCUT2D eigenvalue weighted by atomic mass is 16.3. The predicted molar refractivity (Wildman–Crippen MR) is 134 cm³/mol. The maximum atomic E-state index is 10.8. The highest BCUT2D eigenvalue weighted by Crippen LogP contribution is 2.74. The second-order valence-electron chi connectivity index (χ2n) is 14.2. The number of aliphatic hydroxyl groups is 2. The van der Waals surface area contributed by atoms with Crippen LogP contribution < -0.4 is 0 Å². The van der Waals surface area contributed by atoms with Crippen LogP contribution in [0.3, 0.4) is 0 Å². The lowest BCUT2D eigenvalue weighted by molar-refractivity contribution is -0.200. The van der Waals surface area contributed by atoms with Gasteiger partial charge in [-0.15, -0.1) is 0 Å². The van der Waals surface area contributed by atoms with E-state index in [1.807, 2.05) is 6.92 Å². The SMILES string of the molecule is C=C(C)[C@@H](O)CC[C@H](C)[C@@H]1CC[C@]2(C)[C@H]3CC[C@H]4C(C)(C)[C@@H](O)CC[C@]4(C)[C@@H]3CC[C@]12C. The lowest BCUT2D eigenvalue weighted by Gasteiger charge is -2.67. The first-order valence-electron chi connectivity index (χ1n) is 13.8. The van der Waals surface area contributed by atoms with Crippen molar-refractivity contribution < 1.29 is 10.2 Å². The molecule has 0 aromatic heterocycles. The molecule has 10 atom stereocenters. The van der Waals surface area contributed by atoms with E-state index in [-0.39, 0.29) is 17.6 Å². The van der Waals surface area contributed by atoms with Crippen LogP contribution in [0.1, 0.15) is 113 Å². The molecule has 4 saturated carbocycles. The van der Waals surface area contributed by atoms with Gasteiger partial charge in [-0.25, -0.2) is 0 Å². The summed E-state index contributed by atoms with van der Waals surface area (Å²) in [6.07, 6.45) is 11.9. The van der Waals surface area contributed by atoms with E-state index in [0.717, 1.165) is 42.6 Å². The number of aliphatic hydroxyl groups excluding tert-OH is 2. The fraction of sp³-hybridized carbons (Fsp3) is 0.933. The van der Waals surface area contributed by atoms with Gasteiger partial charge in [0.15, 0.2) is 0 Å². The van der Waals surface area contributed by atoms with E-state index < -0.39 is 0 Å². The Balaban J connectivity index is 1.56. The predicted octanol–water partition coefficient (Wildman–Crippen LogP) is 7.39. The Hall–Kier alpha value is -0.340. The van der Waals surface area contributed by atoms with Crippen LogP contribution >= 0.6 is 0 Å². The van der Waals surface area contributed by atoms with Gasteiger partial charge in [0.2, 0.25) is 0 Å². The van der Waals surface area contributed by atoms with Gasteiger partial charge in [-0.05, 0) is 122 Å². The van der Waals surface area contributed by atoms with Crippen LogP contribution in [0, 0.1) is 51.2 Å². The van der Waals surface area contributed by atoms with E-state index in [1.54, 1.807) is 0 Å². The Morgan fingerprint density at radius 2 is 1.53 bits per heavy atom. The maximum absolute atomic E-state index is 10.8. The number of hydrogen-bond acceptors (Lipinski definition) is 2. The molecule has 4 aliphatic carbocycles. The summed E-state index contributed by atoms with van der Waals surface area (Å²) in [5.41, 5.74) is 2.22. The molecule has 0 radical (unpaired) electrons. The molecule has 0 aromatic rings. The third-order valence-corrected chi connectivity index (χ3v) is 12.7. The maximum Gasteiger partial charge on any atom is 0.0744 e. The molecule has 0 aliphatic heterocycles. The van der Waals surface area contributed by atoms with Crippen molar-refractivity contribution in [1.82, 2.24) is 0 Å². The lowest BCUT2D eigenvalue weighted by Crippen LogP contribution is -2.61. The van der Waals surface area contributed by atoms with Crippen LogP contribution in [-0.2, 0) is 0 Å². The first-order chi connectivity index (χ1) is 14.8. The highest BCUT2D eigenvalue weighted by Gasteiger charge is 2.67. The minimum absolute atomic E-state index is 0.0521. The quantitative estimate of drug-likeness (QED) is 0.434. The molecule has 4 rings (SSSR count). The molecule has 0 amide bonds. The van der Waals surface area contributed by atoms with Crippen molar-refractivity contribution in [3.8, 4) is 0 Å². The molecular formula is C30H52O2. The highest BCUT2D eigenvalue weighted by molar-refractivity contribution is 5.16. The van der Waals surface area contributed by atoms with Gasteiger partial charge in [-0.2, -0.15) is 0 Å². The van der Waals surface area contributed by atoms with Crippen molar-refractivity contribution in [2.24, 2.45) is 51.2 Å². The summed E-state index contributed by atoms with van der Waals surface area (Å²) in [4.78, 5) is 0. The standard InChI is InChI=1S/C30H52O2/c1-19(2)24(31)11-9-20(3)21-13-17-30(8)23-10-12-25-27(4,5)26(32)15-16-28(25,6)22(23)14-18-29(21,30)7/h20-26,31-32H,1,9-18H2,2-8H3/t20-,21-,22+,23-,24-,25-,26-,28+,29+,30+/m0/s1. The summed E-state index contributed by atoms with van der Waals surface area (Å²) in [6.45, 7) is 21.0. The fourth-order valence-corrected chi connectivity index (χ4v) is 10.3. The van der Waals surface area contributed by atoms with Crippen molar-refractivity contribution in [2.45, 2.75) is 125 Å². The van der Waals surface area contributed by atoms with Crippen molar-refractivity contribution in [3.63, 3.8) is 0 Å². The minimum Gasteiger partial charge on any atom is -0.393 e. The first-order valence-corrected chi connectivity index (χ1v) is 13.8. The number of rotatable bonds is 5. The summed E-state index contributed by atoms with van der Waals surface area (Å²) < 4.78 is 0. The summed E-state index contributed by atoms with van der Waals surface area (Å²) >= 11 is 0. The molecule has 0 heterocycles. The Morgan fingerprint density at radius 3 is 2.19 bits per heavy atom. The fourth-order valence-electron chi connectivity index (χ4n) is 10.3. The average Bonchev–Trinajstić information content (AvgIpc) is 3.00. The third-order valence-electron chi connectivity index (χ3n) is 12.7. The van der Waals surface area contributed by atoms with Crippen molar-refractivity contribution in [1.29, 1.82) is 0 Å². The van der Waals surface area contributed by atoms with E-state index >= 15 is 0 Å². The van der Waals surface area contributed by atoms with Gasteiger partial charge in [0.05, 0.1) is 12.2 Å². The van der Waals surface area contributed by atoms with Crippen LogP contribution in [0.2, 0.25) is 0 Å². The minimum atomic E-state index is -0.339. The van der Waals surface area contributed by atoms with Crippen molar-refractivity contribution in [2.75, 3.05) is 0 Å². The molecule has 0 spiro atoms. The summed E-state index contributed by atoms with van der Waals surface area (Å²) in [5, 5.41) is 21.1. The first kappa shape index (κ1) is 24.8. The Kier molecular flexibility index (Phi) is 6.28. The molecule has 32 heavy (non-hydrogen) atoms. The molecule has 0 unspecified atom stereocenters. The third kappa shape index (κ3) is 3.40. The van der Waals surface area contributed by atoms with Crippen molar-refractivity contribution >= 4 is 0 Å². The Labute approximate surface area is 198 Å². The second-order valence-corrected chi connectivity index (χ2v) is 14.2. The van der Waals surface area contributed by atoms with E-state index in [2.05, 4.69) is 48.1 Å². The van der Waals surface area contributed by atoms with Crippen LogP contribution in [0.25, 0.3) is 0 Å². The summed E-state index contributed by atoms with van der Waals surface area (Å²) in [5.74, 6) is 3.77. The molecule has 0 saturated heterocycles. The van der Waals surface area contributed by atoms with Crippen LogP contribution in [-0.4, -0.2) is 22.4 Å². The van der Waals surface area contributed by atoms with Gasteiger partial charge in [-0.3, -0.25) is 0 Å². The molecule has 0 aromatic carbocycles. The summed E-state index contributed by atoms with van der Waals surface area (Å²) in [7, 11) is 0. The van der Waals surface area contributed by atoms with Crippen molar-refractivity contribution in [3.05, 3.63) is 12.2 Å². The van der Waals surface area contributed by atoms with E-state index in [1.165, 1.54) is 44.9 Å². The topological polar surface area (TPSA) is 40.5 Å². The molecule has 2 heteroatoms. The van der Waals surface area contributed by atoms with Gasteiger partial charge < -0.3 is 10.2 Å². The smallest absolute Gasteiger partial charge is 0.0744 e. The molecule has 2 nitrogen and oxygen atoms in total. The normalized spacial score (nSPS) is 49.5.